The lowest BCUT2D eigenvalue weighted by Crippen LogP contribution is -2.24. The van der Waals surface area contributed by atoms with Crippen LogP contribution < -0.4 is 5.32 Å². The van der Waals surface area contributed by atoms with Crippen molar-refractivity contribution in [3.63, 3.8) is 0 Å². The second-order valence-corrected chi connectivity index (χ2v) is 3.89. The van der Waals surface area contributed by atoms with Crippen LogP contribution in [0.4, 0.5) is 0 Å². The maximum atomic E-state index is 5.23. The monoisotopic (exact) mass is 236 g/mol. The molecule has 0 spiro atoms. The molecule has 0 fully saturated rings. The van der Waals surface area contributed by atoms with E-state index in [-0.39, 0.29) is 0 Å². The van der Waals surface area contributed by atoms with Crippen LogP contribution in [0.25, 0.3) is 11.6 Å². The van der Waals surface area contributed by atoms with Gasteiger partial charge in [-0.3, -0.25) is 0 Å². The summed E-state index contributed by atoms with van der Waals surface area (Å²) in [7, 11) is 1.90. The number of rotatable bonds is 5. The molecule has 1 unspecified atom stereocenters. The first kappa shape index (κ1) is 11.8. The van der Waals surface area contributed by atoms with Crippen molar-refractivity contribution in [3.8, 4) is 11.6 Å². The minimum absolute atomic E-state index is 0.309. The fraction of sp³-hybridized carbons (Fsp3) is 0.545. The number of aryl methyl sites for hydroxylation is 1. The van der Waals surface area contributed by atoms with Crippen LogP contribution in [0.3, 0.4) is 0 Å². The summed E-state index contributed by atoms with van der Waals surface area (Å²) >= 11 is 0. The van der Waals surface area contributed by atoms with Crippen LogP contribution >= 0.6 is 0 Å². The molecule has 1 N–H and O–H groups in total. The van der Waals surface area contributed by atoms with Gasteiger partial charge in [0.05, 0.1) is 0 Å². The zero-order chi connectivity index (χ0) is 12.3. The van der Waals surface area contributed by atoms with Gasteiger partial charge in [-0.1, -0.05) is 12.1 Å². The van der Waals surface area contributed by atoms with Gasteiger partial charge in [-0.25, -0.2) is 4.98 Å². The zero-order valence-corrected chi connectivity index (χ0v) is 10.2. The fourth-order valence-corrected chi connectivity index (χ4v) is 1.50. The highest BCUT2D eigenvalue weighted by molar-refractivity contribution is 5.48. The van der Waals surface area contributed by atoms with Crippen molar-refractivity contribution >= 4 is 0 Å². The lowest BCUT2D eigenvalue weighted by atomic mass is 10.2. The van der Waals surface area contributed by atoms with E-state index in [1.807, 2.05) is 14.0 Å². The maximum Gasteiger partial charge on any atom is 0.280 e. The summed E-state index contributed by atoms with van der Waals surface area (Å²) in [5, 5.41) is 7.05. The number of hydrogen-bond donors (Lipinski definition) is 1. The van der Waals surface area contributed by atoms with Crippen molar-refractivity contribution in [1.82, 2.24) is 20.4 Å². The molecule has 0 saturated heterocycles. The molecule has 0 aliphatic carbocycles. The van der Waals surface area contributed by atoms with Crippen LogP contribution in [-0.2, 0) is 12.8 Å². The Morgan fingerprint density at radius 2 is 2.29 bits per heavy atom. The van der Waals surface area contributed by atoms with Crippen molar-refractivity contribution in [1.29, 1.82) is 0 Å². The first-order chi connectivity index (χ1) is 8.24. The van der Waals surface area contributed by atoms with E-state index < -0.39 is 0 Å². The van der Waals surface area contributed by atoms with Crippen LogP contribution in [-0.4, -0.2) is 28.2 Å². The molecule has 2 aromatic rings. The Morgan fingerprint density at radius 1 is 1.47 bits per heavy atom. The van der Waals surface area contributed by atoms with Crippen molar-refractivity contribution in [2.24, 2.45) is 0 Å². The van der Waals surface area contributed by atoms with Crippen LogP contribution in [0, 0.1) is 0 Å². The molecule has 92 valence electrons. The van der Waals surface area contributed by atoms with Gasteiger partial charge in [0.15, 0.2) is 17.9 Å². The number of likely N-dealkylation sites (N-methyl/N-ethyl adjacent to an activating group) is 1. The van der Waals surface area contributed by atoms with E-state index in [1.165, 1.54) is 6.39 Å². The van der Waals surface area contributed by atoms with Crippen LogP contribution in [0.2, 0.25) is 0 Å². The van der Waals surface area contributed by atoms with Crippen LogP contribution in [0.5, 0.6) is 0 Å². The maximum absolute atomic E-state index is 5.23. The average Bonchev–Trinajstić information content (AvgIpc) is 2.95. The Morgan fingerprint density at radius 3 is 3.00 bits per heavy atom. The SMILES string of the molecule is CCc1ocnc1-c1nc(CC(C)NC)no1. The van der Waals surface area contributed by atoms with E-state index in [0.29, 0.717) is 23.5 Å². The Balaban J connectivity index is 2.18. The zero-order valence-electron chi connectivity index (χ0n) is 10.2. The molecule has 0 amide bonds. The molecular formula is C11H16N4O2. The van der Waals surface area contributed by atoms with E-state index >= 15 is 0 Å². The molecular weight excluding hydrogens is 220 g/mol. The van der Waals surface area contributed by atoms with Crippen LogP contribution in [0.15, 0.2) is 15.3 Å². The van der Waals surface area contributed by atoms with Gasteiger partial charge < -0.3 is 14.3 Å². The Bertz CT molecular complexity index is 477. The minimum Gasteiger partial charge on any atom is -0.448 e. The minimum atomic E-state index is 0.309. The summed E-state index contributed by atoms with van der Waals surface area (Å²) in [6.07, 6.45) is 2.87. The van der Waals surface area contributed by atoms with Gasteiger partial charge in [0, 0.05) is 18.9 Å². The van der Waals surface area contributed by atoms with Gasteiger partial charge in [0.1, 0.15) is 5.76 Å². The second-order valence-electron chi connectivity index (χ2n) is 3.89. The van der Waals surface area contributed by atoms with Crippen molar-refractivity contribution in [2.45, 2.75) is 32.7 Å². The lowest BCUT2D eigenvalue weighted by Gasteiger charge is -2.04. The molecule has 0 aliphatic rings. The molecule has 17 heavy (non-hydrogen) atoms. The first-order valence-corrected chi connectivity index (χ1v) is 5.67. The molecule has 6 heteroatoms. The highest BCUT2D eigenvalue weighted by atomic mass is 16.5. The van der Waals surface area contributed by atoms with Crippen molar-refractivity contribution < 1.29 is 8.94 Å². The molecule has 2 aromatic heterocycles. The molecule has 0 saturated carbocycles. The summed E-state index contributed by atoms with van der Waals surface area (Å²) in [4.78, 5) is 8.40. The number of nitrogens with one attached hydrogen (secondary N) is 1. The van der Waals surface area contributed by atoms with Gasteiger partial charge in [0.2, 0.25) is 0 Å². The summed E-state index contributed by atoms with van der Waals surface area (Å²) in [6.45, 7) is 4.05. The lowest BCUT2D eigenvalue weighted by molar-refractivity contribution is 0.416. The van der Waals surface area contributed by atoms with Crippen molar-refractivity contribution in [3.05, 3.63) is 18.0 Å². The Kier molecular flexibility index (Phi) is 3.53. The highest BCUT2D eigenvalue weighted by Gasteiger charge is 2.17. The number of nitrogens with zero attached hydrogens (tertiary/aromatic N) is 3. The van der Waals surface area contributed by atoms with Gasteiger partial charge in [-0.05, 0) is 14.0 Å². The fourth-order valence-electron chi connectivity index (χ4n) is 1.50. The molecule has 0 aromatic carbocycles. The molecule has 6 nitrogen and oxygen atoms in total. The first-order valence-electron chi connectivity index (χ1n) is 5.67. The third-order valence-electron chi connectivity index (χ3n) is 2.61. The largest absolute Gasteiger partial charge is 0.448 e. The van der Waals surface area contributed by atoms with Gasteiger partial charge in [0.25, 0.3) is 5.89 Å². The van der Waals surface area contributed by atoms with E-state index in [2.05, 4.69) is 27.4 Å². The molecule has 1 atom stereocenters. The third-order valence-corrected chi connectivity index (χ3v) is 2.61. The quantitative estimate of drug-likeness (QED) is 0.846. The Hall–Kier alpha value is -1.69. The summed E-state index contributed by atoms with van der Waals surface area (Å²) < 4.78 is 10.4. The predicted octanol–water partition coefficient (Wildman–Crippen LogP) is 1.44. The number of hydrogen-bond acceptors (Lipinski definition) is 6. The molecule has 2 heterocycles. The predicted molar refractivity (Wildman–Crippen MR) is 61.4 cm³/mol. The van der Waals surface area contributed by atoms with Crippen LogP contribution in [0.1, 0.15) is 25.4 Å². The highest BCUT2D eigenvalue weighted by Crippen LogP contribution is 2.20. The molecule has 0 aliphatic heterocycles. The molecule has 0 bridgehead atoms. The van der Waals surface area contributed by atoms with Gasteiger partial charge >= 0.3 is 0 Å². The Labute approximate surface area is 99.4 Å². The molecule has 2 rings (SSSR count). The number of aromatic nitrogens is 3. The smallest absolute Gasteiger partial charge is 0.280 e. The standard InChI is InChI=1S/C11H16N4O2/c1-4-8-10(13-6-16-8)11-14-9(15-17-11)5-7(2)12-3/h6-7,12H,4-5H2,1-3H3. The van der Waals surface area contributed by atoms with Gasteiger partial charge in [-0.2, -0.15) is 4.98 Å². The molecule has 0 radical (unpaired) electrons. The van der Waals surface area contributed by atoms with Gasteiger partial charge in [-0.15, -0.1) is 0 Å². The summed E-state index contributed by atoms with van der Waals surface area (Å²) in [5.41, 5.74) is 0.642. The normalized spacial score (nSPS) is 12.9. The van der Waals surface area contributed by atoms with E-state index in [4.69, 9.17) is 8.94 Å². The van der Waals surface area contributed by atoms with E-state index in [1.54, 1.807) is 0 Å². The summed E-state index contributed by atoms with van der Waals surface area (Å²) in [5.74, 6) is 1.86. The topological polar surface area (TPSA) is 77.0 Å². The summed E-state index contributed by atoms with van der Waals surface area (Å²) in [6, 6.07) is 0.309. The van der Waals surface area contributed by atoms with Crippen molar-refractivity contribution in [2.75, 3.05) is 7.05 Å². The second kappa shape index (κ2) is 5.09. The third kappa shape index (κ3) is 2.52. The van der Waals surface area contributed by atoms with E-state index in [9.17, 15) is 0 Å². The van der Waals surface area contributed by atoms with E-state index in [0.717, 1.165) is 18.6 Å². The number of oxazole rings is 1. The average molecular weight is 236 g/mol.